The average molecular weight is 247 g/mol. The molecule has 18 heavy (non-hydrogen) atoms. The molecular weight excluding hydrogens is 226 g/mol. The van der Waals surface area contributed by atoms with Crippen molar-refractivity contribution in [2.24, 2.45) is 5.92 Å². The van der Waals surface area contributed by atoms with Crippen molar-refractivity contribution in [1.29, 1.82) is 0 Å². The summed E-state index contributed by atoms with van der Waals surface area (Å²) in [6, 6.07) is 3.68. The van der Waals surface area contributed by atoms with Crippen LogP contribution in [0, 0.1) is 5.92 Å². The lowest BCUT2D eigenvalue weighted by atomic mass is 9.84. The van der Waals surface area contributed by atoms with E-state index in [1.165, 1.54) is 25.5 Å². The zero-order chi connectivity index (χ0) is 13.0. The van der Waals surface area contributed by atoms with Gasteiger partial charge in [0.25, 0.3) is 5.91 Å². The van der Waals surface area contributed by atoms with Gasteiger partial charge in [0.1, 0.15) is 5.69 Å². The van der Waals surface area contributed by atoms with Crippen LogP contribution >= 0.6 is 0 Å². The van der Waals surface area contributed by atoms with Gasteiger partial charge in [-0.25, -0.2) is 4.98 Å². The van der Waals surface area contributed by atoms with Gasteiger partial charge < -0.3 is 11.1 Å². The number of hydrogen-bond acceptors (Lipinski definition) is 3. The van der Waals surface area contributed by atoms with E-state index in [1.54, 1.807) is 12.1 Å². The third-order valence-electron chi connectivity index (χ3n) is 3.78. The maximum Gasteiger partial charge on any atom is 0.270 e. The van der Waals surface area contributed by atoms with Crippen molar-refractivity contribution in [2.45, 2.75) is 45.1 Å². The molecule has 1 heterocycles. The molecule has 1 amide bonds. The van der Waals surface area contributed by atoms with Gasteiger partial charge in [-0.05, 0) is 43.7 Å². The summed E-state index contributed by atoms with van der Waals surface area (Å²) >= 11 is 0. The Morgan fingerprint density at radius 3 is 2.67 bits per heavy atom. The molecule has 0 aromatic carbocycles. The predicted octanol–water partition coefficient (Wildman–Crippen LogP) is 2.36. The summed E-state index contributed by atoms with van der Waals surface area (Å²) in [4.78, 5) is 16.0. The number of nitrogen functional groups attached to an aromatic ring is 1. The molecule has 1 aliphatic rings. The third kappa shape index (κ3) is 3.22. The van der Waals surface area contributed by atoms with Crippen LogP contribution < -0.4 is 11.1 Å². The summed E-state index contributed by atoms with van der Waals surface area (Å²) in [6.45, 7) is 2.24. The summed E-state index contributed by atoms with van der Waals surface area (Å²) in [6.07, 6.45) is 7.37. The summed E-state index contributed by atoms with van der Waals surface area (Å²) in [5, 5.41) is 3.06. The Morgan fingerprint density at radius 2 is 2.11 bits per heavy atom. The first-order valence-electron chi connectivity index (χ1n) is 6.71. The van der Waals surface area contributed by atoms with E-state index in [4.69, 9.17) is 5.73 Å². The van der Waals surface area contributed by atoms with Crippen molar-refractivity contribution >= 4 is 11.6 Å². The van der Waals surface area contributed by atoms with Gasteiger partial charge in [-0.15, -0.1) is 0 Å². The lowest BCUT2D eigenvalue weighted by molar-refractivity contribution is 0.0916. The fourth-order valence-electron chi connectivity index (χ4n) is 2.51. The second-order valence-electron chi connectivity index (χ2n) is 5.08. The van der Waals surface area contributed by atoms with Crippen molar-refractivity contribution in [3.05, 3.63) is 24.0 Å². The molecule has 0 saturated heterocycles. The van der Waals surface area contributed by atoms with Gasteiger partial charge in [-0.3, -0.25) is 4.79 Å². The van der Waals surface area contributed by atoms with E-state index < -0.39 is 0 Å². The van der Waals surface area contributed by atoms with Crippen LogP contribution in [0.3, 0.4) is 0 Å². The van der Waals surface area contributed by atoms with E-state index in [-0.39, 0.29) is 5.91 Å². The predicted molar refractivity (Wildman–Crippen MR) is 72.2 cm³/mol. The number of carbonyl (C=O) groups is 1. The molecule has 0 radical (unpaired) electrons. The molecule has 4 nitrogen and oxygen atoms in total. The molecule has 0 atom stereocenters. The number of nitrogens with zero attached hydrogens (tertiary/aromatic N) is 1. The Balaban J connectivity index is 1.86. The summed E-state index contributed by atoms with van der Waals surface area (Å²) in [5.74, 6) is 0.753. The zero-order valence-electron chi connectivity index (χ0n) is 10.9. The van der Waals surface area contributed by atoms with Gasteiger partial charge in [0.15, 0.2) is 0 Å². The minimum atomic E-state index is -0.0880. The highest BCUT2D eigenvalue weighted by molar-refractivity contribution is 5.92. The summed E-state index contributed by atoms with van der Waals surface area (Å²) < 4.78 is 0. The monoisotopic (exact) mass is 247 g/mol. The van der Waals surface area contributed by atoms with Crippen LogP contribution in [0.15, 0.2) is 18.3 Å². The highest BCUT2D eigenvalue weighted by Crippen LogP contribution is 2.26. The lowest BCUT2D eigenvalue weighted by Crippen LogP contribution is -2.37. The first kappa shape index (κ1) is 12.9. The SMILES string of the molecule is CCC1CCC(NC(=O)c2ccc(N)cn2)CC1. The molecule has 1 aromatic rings. The highest BCUT2D eigenvalue weighted by atomic mass is 16.1. The standard InChI is InChI=1S/C14H21N3O/c1-2-10-3-6-12(7-4-10)17-14(18)13-8-5-11(15)9-16-13/h5,8-10,12H,2-4,6-7,15H2,1H3,(H,17,18). The first-order chi connectivity index (χ1) is 8.69. The molecule has 1 saturated carbocycles. The normalized spacial score (nSPS) is 23.6. The van der Waals surface area contributed by atoms with E-state index in [0.29, 0.717) is 17.4 Å². The van der Waals surface area contributed by atoms with Crippen LogP contribution in [-0.4, -0.2) is 16.9 Å². The number of anilines is 1. The van der Waals surface area contributed by atoms with E-state index in [2.05, 4.69) is 17.2 Å². The Labute approximate surface area is 108 Å². The number of carbonyl (C=O) groups excluding carboxylic acids is 1. The zero-order valence-corrected chi connectivity index (χ0v) is 10.9. The van der Waals surface area contributed by atoms with E-state index in [9.17, 15) is 4.79 Å². The van der Waals surface area contributed by atoms with Gasteiger partial charge in [0, 0.05) is 6.04 Å². The number of hydrogen-bond donors (Lipinski definition) is 2. The van der Waals surface area contributed by atoms with Gasteiger partial charge in [-0.1, -0.05) is 13.3 Å². The number of rotatable bonds is 3. The molecule has 1 aromatic heterocycles. The van der Waals surface area contributed by atoms with E-state index in [0.717, 1.165) is 18.8 Å². The van der Waals surface area contributed by atoms with Crippen LogP contribution in [0.1, 0.15) is 49.5 Å². The Morgan fingerprint density at radius 1 is 1.39 bits per heavy atom. The summed E-state index contributed by atoms with van der Waals surface area (Å²) in [5.41, 5.74) is 6.57. The largest absolute Gasteiger partial charge is 0.397 e. The van der Waals surface area contributed by atoms with Gasteiger partial charge in [0.05, 0.1) is 11.9 Å². The average Bonchev–Trinajstić information content (AvgIpc) is 2.40. The molecule has 3 N–H and O–H groups in total. The van der Waals surface area contributed by atoms with Crippen LogP contribution in [0.2, 0.25) is 0 Å². The topological polar surface area (TPSA) is 68.0 Å². The molecular formula is C14H21N3O. The molecule has 1 aliphatic carbocycles. The lowest BCUT2D eigenvalue weighted by Gasteiger charge is -2.28. The van der Waals surface area contributed by atoms with Crippen molar-refractivity contribution in [3.63, 3.8) is 0 Å². The van der Waals surface area contributed by atoms with Crippen molar-refractivity contribution < 1.29 is 4.79 Å². The highest BCUT2D eigenvalue weighted by Gasteiger charge is 2.21. The molecule has 4 heteroatoms. The number of pyridine rings is 1. The number of nitrogens with one attached hydrogen (secondary N) is 1. The van der Waals surface area contributed by atoms with Gasteiger partial charge in [-0.2, -0.15) is 0 Å². The second kappa shape index (κ2) is 5.85. The van der Waals surface area contributed by atoms with Gasteiger partial charge in [0.2, 0.25) is 0 Å². The van der Waals surface area contributed by atoms with Crippen molar-refractivity contribution in [3.8, 4) is 0 Å². The van der Waals surface area contributed by atoms with E-state index >= 15 is 0 Å². The fraction of sp³-hybridized carbons (Fsp3) is 0.571. The molecule has 0 aliphatic heterocycles. The Bertz CT molecular complexity index is 394. The maximum absolute atomic E-state index is 12.0. The number of amides is 1. The second-order valence-corrected chi connectivity index (χ2v) is 5.08. The minimum absolute atomic E-state index is 0.0880. The minimum Gasteiger partial charge on any atom is -0.397 e. The van der Waals surface area contributed by atoms with Crippen LogP contribution in [0.25, 0.3) is 0 Å². The first-order valence-corrected chi connectivity index (χ1v) is 6.71. The van der Waals surface area contributed by atoms with E-state index in [1.807, 2.05) is 0 Å². The fourth-order valence-corrected chi connectivity index (χ4v) is 2.51. The molecule has 0 unspecified atom stereocenters. The van der Waals surface area contributed by atoms with Gasteiger partial charge >= 0.3 is 0 Å². The Kier molecular flexibility index (Phi) is 4.18. The van der Waals surface area contributed by atoms with Crippen LogP contribution in [-0.2, 0) is 0 Å². The smallest absolute Gasteiger partial charge is 0.270 e. The third-order valence-corrected chi connectivity index (χ3v) is 3.78. The summed E-state index contributed by atoms with van der Waals surface area (Å²) in [7, 11) is 0. The molecule has 0 spiro atoms. The quantitative estimate of drug-likeness (QED) is 0.861. The molecule has 0 bridgehead atoms. The Hall–Kier alpha value is -1.58. The van der Waals surface area contributed by atoms with Crippen LogP contribution in [0.4, 0.5) is 5.69 Å². The number of nitrogens with two attached hydrogens (primary N) is 1. The molecule has 98 valence electrons. The molecule has 2 rings (SSSR count). The van der Waals surface area contributed by atoms with Crippen molar-refractivity contribution in [2.75, 3.05) is 5.73 Å². The number of aromatic nitrogens is 1. The van der Waals surface area contributed by atoms with Crippen molar-refractivity contribution in [1.82, 2.24) is 10.3 Å². The van der Waals surface area contributed by atoms with Crippen LogP contribution in [0.5, 0.6) is 0 Å². The maximum atomic E-state index is 12.0. The molecule has 1 fully saturated rings.